The van der Waals surface area contributed by atoms with E-state index in [4.69, 9.17) is 9.47 Å². The lowest BCUT2D eigenvalue weighted by molar-refractivity contribution is -0.142. The molecule has 0 radical (unpaired) electrons. The molecular weight excluding hydrogens is 475 g/mol. The summed E-state index contributed by atoms with van der Waals surface area (Å²) in [5.41, 5.74) is 2.30. The van der Waals surface area contributed by atoms with Crippen LogP contribution in [-0.2, 0) is 29.4 Å². The molecule has 0 fully saturated rings. The monoisotopic (exact) mass is 499 g/mol. The number of carbonyl (C=O) groups excluding carboxylic acids is 1. The van der Waals surface area contributed by atoms with Gasteiger partial charge in [-0.3, -0.25) is 0 Å². The fourth-order valence-electron chi connectivity index (χ4n) is 3.99. The number of fused-ring (bicyclic) bond motifs is 1. The van der Waals surface area contributed by atoms with Gasteiger partial charge >= 0.3 is 12.6 Å². The molecule has 2 aromatic heterocycles. The first-order valence-corrected chi connectivity index (χ1v) is 11.2. The number of aromatic nitrogens is 3. The van der Waals surface area contributed by atoms with Gasteiger partial charge in [0.2, 0.25) is 0 Å². The van der Waals surface area contributed by atoms with Crippen molar-refractivity contribution in [3.63, 3.8) is 0 Å². The largest absolute Gasteiger partial charge is 0.481 e. The highest BCUT2D eigenvalue weighted by molar-refractivity contribution is 5.93. The summed E-state index contributed by atoms with van der Waals surface area (Å²) in [6, 6.07) is 9.84. The van der Waals surface area contributed by atoms with Gasteiger partial charge < -0.3 is 18.8 Å². The molecule has 0 aliphatic rings. The van der Waals surface area contributed by atoms with E-state index in [1.807, 2.05) is 42.1 Å². The molecule has 0 unspecified atom stereocenters. The maximum Gasteiger partial charge on any atom is 0.387 e. The van der Waals surface area contributed by atoms with Gasteiger partial charge in [0.05, 0.1) is 12.5 Å². The summed E-state index contributed by atoms with van der Waals surface area (Å²) in [6.45, 7) is -1.88. The minimum absolute atomic E-state index is 0.0195. The number of nitrogens with zero attached hydrogens (tertiary/aromatic N) is 3. The van der Waals surface area contributed by atoms with Crippen LogP contribution >= 0.6 is 0 Å². The first-order valence-electron chi connectivity index (χ1n) is 11.2. The molecule has 4 aromatic rings. The molecule has 36 heavy (non-hydrogen) atoms. The molecule has 0 bridgehead atoms. The molecular formula is C26H24F3N3O4. The standard InChI is InChI=1S/C26H24F3N3O4/c1-4-19-17(13-15-5-7-16(8-6-15)25-30-11-12-32(25)2)24(36-26(28)29)22-20(35-14-21(33)34-3)10-9-18(27)23(22)31-19/h5-12,26H,4,13-14H2,1-3H3. The Labute approximate surface area is 205 Å². The van der Waals surface area contributed by atoms with Gasteiger partial charge in [-0.05, 0) is 24.1 Å². The lowest BCUT2D eigenvalue weighted by Gasteiger charge is -2.19. The summed E-state index contributed by atoms with van der Waals surface area (Å²) >= 11 is 0. The van der Waals surface area contributed by atoms with Gasteiger partial charge in [-0.25, -0.2) is 19.2 Å². The number of rotatable bonds is 9. The number of methoxy groups -OCH3 is 1. The van der Waals surface area contributed by atoms with Crippen molar-refractivity contribution in [1.82, 2.24) is 14.5 Å². The quantitative estimate of drug-likeness (QED) is 0.299. The molecule has 2 aromatic carbocycles. The average Bonchev–Trinajstić information content (AvgIpc) is 3.30. The third-order valence-electron chi connectivity index (χ3n) is 5.72. The number of esters is 1. The van der Waals surface area contributed by atoms with Crippen molar-refractivity contribution in [2.75, 3.05) is 13.7 Å². The molecule has 0 aliphatic carbocycles. The van der Waals surface area contributed by atoms with Crippen LogP contribution in [0.4, 0.5) is 13.2 Å². The molecule has 0 aliphatic heterocycles. The number of benzene rings is 2. The summed E-state index contributed by atoms with van der Waals surface area (Å²) in [6.07, 6.45) is 4.08. The highest BCUT2D eigenvalue weighted by atomic mass is 19.3. The fraction of sp³-hybridized carbons (Fsp3) is 0.269. The van der Waals surface area contributed by atoms with Crippen LogP contribution < -0.4 is 9.47 Å². The van der Waals surface area contributed by atoms with Crippen molar-refractivity contribution in [1.29, 1.82) is 0 Å². The maximum atomic E-state index is 14.8. The fourth-order valence-corrected chi connectivity index (χ4v) is 3.99. The molecule has 4 rings (SSSR count). The number of alkyl halides is 2. The third kappa shape index (κ3) is 5.12. The van der Waals surface area contributed by atoms with Crippen molar-refractivity contribution >= 4 is 16.9 Å². The summed E-state index contributed by atoms with van der Waals surface area (Å²) < 4.78 is 58.8. The number of halogens is 3. The molecule has 10 heteroatoms. The predicted molar refractivity (Wildman–Crippen MR) is 127 cm³/mol. The second kappa shape index (κ2) is 10.7. The number of carbonyl (C=O) groups is 1. The second-order valence-electron chi connectivity index (χ2n) is 7.97. The number of imidazole rings is 1. The number of pyridine rings is 1. The number of hydrogen-bond donors (Lipinski definition) is 0. The lowest BCUT2D eigenvalue weighted by Crippen LogP contribution is -2.14. The van der Waals surface area contributed by atoms with Crippen LogP contribution in [-0.4, -0.2) is 40.8 Å². The van der Waals surface area contributed by atoms with Gasteiger partial charge in [-0.1, -0.05) is 31.2 Å². The second-order valence-corrected chi connectivity index (χ2v) is 7.97. The number of hydrogen-bond acceptors (Lipinski definition) is 6. The van der Waals surface area contributed by atoms with Crippen LogP contribution in [0, 0.1) is 5.82 Å². The van der Waals surface area contributed by atoms with Crippen molar-refractivity contribution < 1.29 is 32.2 Å². The van der Waals surface area contributed by atoms with Crippen molar-refractivity contribution in [2.24, 2.45) is 7.05 Å². The van der Waals surface area contributed by atoms with Crippen LogP contribution in [0.2, 0.25) is 0 Å². The Kier molecular flexibility index (Phi) is 7.42. The average molecular weight is 499 g/mol. The van der Waals surface area contributed by atoms with E-state index in [0.29, 0.717) is 17.7 Å². The zero-order chi connectivity index (χ0) is 25.8. The Morgan fingerprint density at radius 1 is 1.14 bits per heavy atom. The van der Waals surface area contributed by atoms with Gasteiger partial charge in [-0.2, -0.15) is 8.78 Å². The van der Waals surface area contributed by atoms with E-state index < -0.39 is 25.0 Å². The minimum atomic E-state index is -3.18. The zero-order valence-corrected chi connectivity index (χ0v) is 19.9. The van der Waals surface area contributed by atoms with E-state index in [1.54, 1.807) is 13.1 Å². The van der Waals surface area contributed by atoms with Gasteiger partial charge in [0.1, 0.15) is 28.7 Å². The highest BCUT2D eigenvalue weighted by Gasteiger charge is 2.24. The Morgan fingerprint density at radius 3 is 2.50 bits per heavy atom. The summed E-state index contributed by atoms with van der Waals surface area (Å²) in [4.78, 5) is 20.4. The number of ether oxygens (including phenoxy) is 3. The smallest absolute Gasteiger partial charge is 0.387 e. The van der Waals surface area contributed by atoms with Crippen molar-refractivity contribution in [3.8, 4) is 22.9 Å². The SMILES string of the molecule is CCc1nc2c(F)ccc(OCC(=O)OC)c2c(OC(F)F)c1Cc1ccc(-c2nccn2C)cc1. The molecule has 0 saturated heterocycles. The summed E-state index contributed by atoms with van der Waals surface area (Å²) in [5, 5.41) is -0.0731. The van der Waals surface area contributed by atoms with Gasteiger partial charge in [0, 0.05) is 42.7 Å². The zero-order valence-electron chi connectivity index (χ0n) is 19.9. The topological polar surface area (TPSA) is 75.5 Å². The van der Waals surface area contributed by atoms with Gasteiger partial charge in [0.15, 0.2) is 6.61 Å². The van der Waals surface area contributed by atoms with E-state index in [-0.39, 0.29) is 28.8 Å². The van der Waals surface area contributed by atoms with Crippen LogP contribution in [0.25, 0.3) is 22.3 Å². The molecule has 7 nitrogen and oxygen atoms in total. The predicted octanol–water partition coefficient (Wildman–Crippen LogP) is 5.08. The van der Waals surface area contributed by atoms with Crippen LogP contribution in [0.3, 0.4) is 0 Å². The van der Waals surface area contributed by atoms with Crippen molar-refractivity contribution in [2.45, 2.75) is 26.4 Å². The van der Waals surface area contributed by atoms with Crippen LogP contribution in [0.15, 0.2) is 48.8 Å². The molecule has 0 spiro atoms. The van der Waals surface area contributed by atoms with E-state index in [9.17, 15) is 18.0 Å². The number of aryl methyl sites for hydroxylation is 2. The summed E-state index contributed by atoms with van der Waals surface area (Å²) in [7, 11) is 3.07. The molecule has 0 atom stereocenters. The van der Waals surface area contributed by atoms with E-state index in [2.05, 4.69) is 14.7 Å². The van der Waals surface area contributed by atoms with Gasteiger partial charge in [-0.15, -0.1) is 0 Å². The molecule has 2 heterocycles. The minimum Gasteiger partial charge on any atom is -0.481 e. The van der Waals surface area contributed by atoms with E-state index >= 15 is 0 Å². The Bertz CT molecular complexity index is 1390. The first kappa shape index (κ1) is 25.0. The summed E-state index contributed by atoms with van der Waals surface area (Å²) in [5.74, 6) is -0.883. The molecule has 0 N–H and O–H groups in total. The van der Waals surface area contributed by atoms with Crippen LogP contribution in [0.1, 0.15) is 23.7 Å². The third-order valence-corrected chi connectivity index (χ3v) is 5.72. The molecule has 0 saturated carbocycles. The van der Waals surface area contributed by atoms with E-state index in [1.165, 1.54) is 13.2 Å². The Morgan fingerprint density at radius 2 is 1.89 bits per heavy atom. The molecule has 188 valence electrons. The van der Waals surface area contributed by atoms with Crippen LogP contribution in [0.5, 0.6) is 11.5 Å². The first-order chi connectivity index (χ1) is 17.3. The Hall–Kier alpha value is -4.08. The normalized spacial score (nSPS) is 11.2. The highest BCUT2D eigenvalue weighted by Crippen LogP contribution is 2.40. The molecule has 0 amide bonds. The lowest BCUT2D eigenvalue weighted by atomic mass is 9.97. The Balaban J connectivity index is 1.83. The van der Waals surface area contributed by atoms with Gasteiger partial charge in [0.25, 0.3) is 0 Å². The maximum absolute atomic E-state index is 14.8. The van der Waals surface area contributed by atoms with E-state index in [0.717, 1.165) is 23.0 Å². The van der Waals surface area contributed by atoms with Crippen molar-refractivity contribution in [3.05, 3.63) is 71.4 Å².